The van der Waals surface area contributed by atoms with Crippen LogP contribution in [0.25, 0.3) is 11.3 Å². The fraction of sp³-hybridized carbons (Fsp3) is 0.263. The third-order valence-electron chi connectivity index (χ3n) is 3.43. The minimum Gasteiger partial charge on any atom is -0.496 e. The lowest BCUT2D eigenvalue weighted by molar-refractivity contribution is 0.177. The molecule has 1 aromatic carbocycles. The molecule has 0 aliphatic carbocycles. The number of rotatable bonds is 7. The van der Waals surface area contributed by atoms with E-state index in [9.17, 15) is 8.78 Å². The minimum absolute atomic E-state index is 0.149. The van der Waals surface area contributed by atoms with Crippen molar-refractivity contribution < 1.29 is 18.3 Å². The summed E-state index contributed by atoms with van der Waals surface area (Å²) in [6, 6.07) is 4.71. The molecule has 2 unspecified atom stereocenters. The summed E-state index contributed by atoms with van der Waals surface area (Å²) in [4.78, 5) is 8.31. The molecule has 0 aliphatic rings. The number of methoxy groups -OCH3 is 1. The summed E-state index contributed by atoms with van der Waals surface area (Å²) < 4.78 is 37.5. The molecule has 0 N–H and O–H groups in total. The van der Waals surface area contributed by atoms with Gasteiger partial charge >= 0.3 is 0 Å². The third kappa shape index (κ3) is 5.60. The molecule has 0 spiro atoms. The largest absolute Gasteiger partial charge is 0.496 e. The van der Waals surface area contributed by atoms with Gasteiger partial charge in [0.25, 0.3) is 0 Å². The Balaban J connectivity index is 2.16. The molecule has 138 valence electrons. The van der Waals surface area contributed by atoms with E-state index in [1.807, 2.05) is 0 Å². The Morgan fingerprint density at radius 3 is 2.62 bits per heavy atom. The van der Waals surface area contributed by atoms with Crippen LogP contribution in [0.15, 0.2) is 43.2 Å². The molecule has 0 saturated heterocycles. The molecule has 1 heterocycles. The van der Waals surface area contributed by atoms with Gasteiger partial charge in [-0.2, -0.15) is 0 Å². The number of aromatic nitrogens is 2. The van der Waals surface area contributed by atoms with Crippen molar-refractivity contribution in [1.29, 1.82) is 0 Å². The first-order valence-corrected chi connectivity index (χ1v) is 8.41. The number of hydrogen-bond acceptors (Lipinski definition) is 4. The summed E-state index contributed by atoms with van der Waals surface area (Å²) in [6.45, 7) is 6.87. The van der Waals surface area contributed by atoms with Crippen molar-refractivity contribution in [1.82, 2.24) is 9.97 Å². The second-order valence-electron chi connectivity index (χ2n) is 6.01. The van der Waals surface area contributed by atoms with Crippen molar-refractivity contribution in [3.8, 4) is 5.88 Å². The van der Waals surface area contributed by atoms with Gasteiger partial charge in [0.1, 0.15) is 18.2 Å². The zero-order valence-corrected chi connectivity index (χ0v) is 16.1. The summed E-state index contributed by atoms with van der Waals surface area (Å²) in [5.74, 6) is 0.466. The van der Waals surface area contributed by atoms with Crippen molar-refractivity contribution in [2.24, 2.45) is 0 Å². The molecule has 26 heavy (non-hydrogen) atoms. The summed E-state index contributed by atoms with van der Waals surface area (Å²) in [5, 5.41) is -1.53. The highest BCUT2D eigenvalue weighted by atomic mass is 31.0. The first-order valence-electron chi connectivity index (χ1n) is 7.84. The van der Waals surface area contributed by atoms with E-state index in [2.05, 4.69) is 25.8 Å². The molecule has 0 bridgehead atoms. The SMILES string of the molecule is C=C(/C=C(\OC)c1ccc(F)c(C)c1)c1cnc(OCC(C)(F)P)cn1. The second kappa shape index (κ2) is 8.37. The van der Waals surface area contributed by atoms with E-state index in [0.717, 1.165) is 5.56 Å². The molecule has 1 aromatic heterocycles. The second-order valence-corrected chi connectivity index (χ2v) is 7.21. The molecule has 2 aromatic rings. The van der Waals surface area contributed by atoms with Crippen LogP contribution in [0.2, 0.25) is 0 Å². The van der Waals surface area contributed by atoms with E-state index in [1.165, 1.54) is 32.5 Å². The van der Waals surface area contributed by atoms with E-state index in [-0.39, 0.29) is 18.3 Å². The average molecular weight is 378 g/mol. The van der Waals surface area contributed by atoms with E-state index in [1.54, 1.807) is 25.1 Å². The Morgan fingerprint density at radius 1 is 1.35 bits per heavy atom. The highest BCUT2D eigenvalue weighted by Crippen LogP contribution is 2.24. The monoisotopic (exact) mass is 378 g/mol. The number of alkyl halides is 1. The number of hydrogen-bond donors (Lipinski definition) is 0. The number of ether oxygens (including phenoxy) is 2. The summed E-state index contributed by atoms with van der Waals surface area (Å²) >= 11 is 0. The van der Waals surface area contributed by atoms with Crippen LogP contribution in [0.4, 0.5) is 8.78 Å². The van der Waals surface area contributed by atoms with E-state index >= 15 is 0 Å². The lowest BCUT2D eigenvalue weighted by Gasteiger charge is -2.14. The smallest absolute Gasteiger partial charge is 0.232 e. The third-order valence-corrected chi connectivity index (χ3v) is 3.59. The summed E-state index contributed by atoms with van der Waals surface area (Å²) in [7, 11) is 3.58. The summed E-state index contributed by atoms with van der Waals surface area (Å²) in [6.07, 6.45) is 4.58. The maximum atomic E-state index is 13.4. The number of allylic oxidation sites excluding steroid dienone is 2. The van der Waals surface area contributed by atoms with E-state index < -0.39 is 5.41 Å². The van der Waals surface area contributed by atoms with Crippen LogP contribution in [-0.2, 0) is 4.74 Å². The Labute approximate surface area is 154 Å². The molecule has 0 fully saturated rings. The van der Waals surface area contributed by atoms with Gasteiger partial charge in [-0.15, -0.1) is 0 Å². The van der Waals surface area contributed by atoms with Crippen molar-refractivity contribution in [3.63, 3.8) is 0 Å². The molecule has 0 amide bonds. The Kier molecular flexibility index (Phi) is 6.43. The molecular weight excluding hydrogens is 357 g/mol. The lowest BCUT2D eigenvalue weighted by atomic mass is 10.1. The predicted octanol–water partition coefficient (Wildman–Crippen LogP) is 4.56. The van der Waals surface area contributed by atoms with Gasteiger partial charge in [0, 0.05) is 5.56 Å². The van der Waals surface area contributed by atoms with Crippen LogP contribution in [0, 0.1) is 12.7 Å². The minimum atomic E-state index is -1.53. The number of nitrogens with zero attached hydrogens (tertiary/aromatic N) is 2. The molecule has 0 aliphatic heterocycles. The van der Waals surface area contributed by atoms with Crippen LogP contribution in [0.3, 0.4) is 0 Å². The highest BCUT2D eigenvalue weighted by molar-refractivity contribution is 7.18. The summed E-state index contributed by atoms with van der Waals surface area (Å²) in [5.41, 5.74) is 2.32. The lowest BCUT2D eigenvalue weighted by Crippen LogP contribution is -2.19. The van der Waals surface area contributed by atoms with Gasteiger partial charge in [0.2, 0.25) is 5.88 Å². The van der Waals surface area contributed by atoms with Gasteiger partial charge in [-0.25, -0.2) is 18.7 Å². The van der Waals surface area contributed by atoms with Gasteiger partial charge < -0.3 is 9.47 Å². The fourth-order valence-corrected chi connectivity index (χ4v) is 2.15. The van der Waals surface area contributed by atoms with Gasteiger partial charge in [-0.3, -0.25) is 0 Å². The number of halogens is 2. The maximum Gasteiger partial charge on any atom is 0.232 e. The van der Waals surface area contributed by atoms with Gasteiger partial charge in [-0.05, 0) is 49.3 Å². The Morgan fingerprint density at radius 2 is 2.08 bits per heavy atom. The Hall–Kier alpha value is -2.33. The molecule has 0 saturated carbocycles. The topological polar surface area (TPSA) is 44.2 Å². The van der Waals surface area contributed by atoms with Crippen LogP contribution in [0.5, 0.6) is 5.88 Å². The number of benzene rings is 1. The van der Waals surface area contributed by atoms with Crippen molar-refractivity contribution >= 4 is 20.6 Å². The van der Waals surface area contributed by atoms with Crippen molar-refractivity contribution in [2.75, 3.05) is 13.7 Å². The van der Waals surface area contributed by atoms with E-state index in [0.29, 0.717) is 22.6 Å². The standard InChI is InChI=1S/C19H21F2N2O2P/c1-12-7-14(5-6-15(12)20)17(24-4)8-13(2)16-9-23-18(10-22-16)25-11-19(3,21)26/h5-10H,2,11,26H2,1,3-4H3/b17-8-. The maximum absolute atomic E-state index is 13.4. The molecular formula is C19H21F2N2O2P. The van der Waals surface area contributed by atoms with Crippen molar-refractivity contribution in [2.45, 2.75) is 19.3 Å². The van der Waals surface area contributed by atoms with Crippen LogP contribution in [0.1, 0.15) is 23.7 Å². The highest BCUT2D eigenvalue weighted by Gasteiger charge is 2.17. The van der Waals surface area contributed by atoms with E-state index in [4.69, 9.17) is 9.47 Å². The average Bonchev–Trinajstić information content (AvgIpc) is 2.60. The van der Waals surface area contributed by atoms with Gasteiger partial charge in [0.15, 0.2) is 5.41 Å². The first-order chi connectivity index (χ1) is 12.2. The molecule has 2 rings (SSSR count). The van der Waals surface area contributed by atoms with Crippen LogP contribution in [-0.4, -0.2) is 29.1 Å². The molecule has 4 nitrogen and oxygen atoms in total. The molecule has 0 radical (unpaired) electrons. The van der Waals surface area contributed by atoms with Gasteiger partial charge in [0.05, 0.1) is 25.2 Å². The quantitative estimate of drug-likeness (QED) is 0.402. The molecule has 2 atom stereocenters. The zero-order valence-electron chi connectivity index (χ0n) is 14.9. The molecule has 7 heteroatoms. The Bertz CT molecular complexity index is 815. The normalized spacial score (nSPS) is 13.8. The van der Waals surface area contributed by atoms with Gasteiger partial charge in [-0.1, -0.05) is 15.8 Å². The van der Waals surface area contributed by atoms with Crippen molar-refractivity contribution in [3.05, 3.63) is 65.9 Å². The predicted molar refractivity (Wildman–Crippen MR) is 102 cm³/mol. The first kappa shape index (κ1) is 20.0. The van der Waals surface area contributed by atoms with Crippen LogP contribution < -0.4 is 4.74 Å². The fourth-order valence-electron chi connectivity index (χ4n) is 2.06. The zero-order chi connectivity index (χ0) is 19.3. The van der Waals surface area contributed by atoms with Crippen LogP contribution >= 0.6 is 9.24 Å². The number of aryl methyl sites for hydroxylation is 1.